The number of aromatic nitrogens is 3. The van der Waals surface area contributed by atoms with Crippen LogP contribution in [0.3, 0.4) is 0 Å². The van der Waals surface area contributed by atoms with E-state index in [0.717, 1.165) is 0 Å². The average Bonchev–Trinajstić information content (AvgIpc) is 3.03. The van der Waals surface area contributed by atoms with Crippen molar-refractivity contribution in [2.24, 2.45) is 0 Å². The maximum absolute atomic E-state index is 10.1. The maximum Gasteiger partial charge on any atom is 0.181 e. The molecule has 1 aliphatic rings. The first kappa shape index (κ1) is 15.8. The number of benzene rings is 1. The SMILES string of the molecule is OC[C@H]1O[C@@H](c2nc(-c3ccc(O)cc3)n[nH]2)[C@H](O)[C@@H](O)[C@@H]1O. The van der Waals surface area contributed by atoms with Crippen LogP contribution in [0.1, 0.15) is 11.9 Å². The normalized spacial score (nSPS) is 31.2. The predicted octanol–water partition coefficient (Wildman–Crippen LogP) is -1.31. The molecular formula is C14H17N3O6. The first-order valence-electron chi connectivity index (χ1n) is 7.03. The van der Waals surface area contributed by atoms with E-state index < -0.39 is 37.1 Å². The van der Waals surface area contributed by atoms with E-state index in [2.05, 4.69) is 15.2 Å². The van der Waals surface area contributed by atoms with Gasteiger partial charge in [-0.1, -0.05) is 0 Å². The molecule has 0 aliphatic carbocycles. The Labute approximate surface area is 130 Å². The molecule has 5 atom stereocenters. The third-order valence-corrected chi connectivity index (χ3v) is 3.79. The molecule has 0 spiro atoms. The minimum Gasteiger partial charge on any atom is -0.508 e. The molecule has 1 saturated heterocycles. The van der Waals surface area contributed by atoms with Crippen molar-refractivity contribution in [3.63, 3.8) is 0 Å². The quantitative estimate of drug-likeness (QED) is 0.407. The van der Waals surface area contributed by atoms with Gasteiger partial charge in [0.25, 0.3) is 0 Å². The van der Waals surface area contributed by atoms with Crippen LogP contribution in [0, 0.1) is 0 Å². The summed E-state index contributed by atoms with van der Waals surface area (Å²) in [5.41, 5.74) is 0.634. The van der Waals surface area contributed by atoms with Gasteiger partial charge in [-0.3, -0.25) is 5.10 Å². The first-order valence-corrected chi connectivity index (χ1v) is 7.03. The van der Waals surface area contributed by atoms with Crippen LogP contribution in [-0.2, 0) is 4.74 Å². The molecule has 2 heterocycles. The summed E-state index contributed by atoms with van der Waals surface area (Å²) in [6.07, 6.45) is -6.41. The van der Waals surface area contributed by atoms with E-state index in [-0.39, 0.29) is 11.6 Å². The molecule has 9 nitrogen and oxygen atoms in total. The van der Waals surface area contributed by atoms with E-state index in [9.17, 15) is 25.5 Å². The van der Waals surface area contributed by atoms with Gasteiger partial charge < -0.3 is 30.3 Å². The van der Waals surface area contributed by atoms with Crippen LogP contribution in [0.5, 0.6) is 5.75 Å². The van der Waals surface area contributed by atoms with Crippen LogP contribution in [0.25, 0.3) is 11.4 Å². The number of phenolic OH excluding ortho intramolecular Hbond substituents is 1. The molecule has 0 bridgehead atoms. The zero-order valence-corrected chi connectivity index (χ0v) is 11.9. The van der Waals surface area contributed by atoms with Crippen molar-refractivity contribution in [3.05, 3.63) is 30.1 Å². The van der Waals surface area contributed by atoms with E-state index in [4.69, 9.17) is 4.74 Å². The van der Waals surface area contributed by atoms with Crippen molar-refractivity contribution < 1.29 is 30.3 Å². The Morgan fingerprint density at radius 3 is 2.39 bits per heavy atom. The van der Waals surface area contributed by atoms with Gasteiger partial charge >= 0.3 is 0 Å². The second kappa shape index (κ2) is 6.22. The number of aromatic amines is 1. The molecule has 23 heavy (non-hydrogen) atoms. The van der Waals surface area contributed by atoms with Gasteiger partial charge in [0.05, 0.1) is 6.61 Å². The van der Waals surface area contributed by atoms with E-state index in [0.29, 0.717) is 11.4 Å². The Hall–Kier alpha value is -2.04. The molecule has 3 rings (SSSR count). The highest BCUT2D eigenvalue weighted by molar-refractivity contribution is 5.55. The molecule has 2 aromatic rings. The molecule has 1 aromatic carbocycles. The van der Waals surface area contributed by atoms with Crippen molar-refractivity contribution in [1.82, 2.24) is 15.2 Å². The molecule has 0 saturated carbocycles. The van der Waals surface area contributed by atoms with Gasteiger partial charge in [-0.15, -0.1) is 0 Å². The van der Waals surface area contributed by atoms with E-state index in [1.807, 2.05) is 0 Å². The van der Waals surface area contributed by atoms with Gasteiger partial charge in [-0.05, 0) is 24.3 Å². The highest BCUT2D eigenvalue weighted by atomic mass is 16.5. The molecule has 1 fully saturated rings. The summed E-state index contributed by atoms with van der Waals surface area (Å²) in [4.78, 5) is 4.20. The Morgan fingerprint density at radius 2 is 1.74 bits per heavy atom. The molecule has 6 N–H and O–H groups in total. The van der Waals surface area contributed by atoms with Gasteiger partial charge in [-0.2, -0.15) is 5.10 Å². The molecule has 0 unspecified atom stereocenters. The number of phenols is 1. The van der Waals surface area contributed by atoms with Gasteiger partial charge in [0, 0.05) is 5.56 Å². The van der Waals surface area contributed by atoms with Crippen LogP contribution >= 0.6 is 0 Å². The van der Waals surface area contributed by atoms with Crippen molar-refractivity contribution in [3.8, 4) is 17.1 Å². The predicted molar refractivity (Wildman–Crippen MR) is 76.2 cm³/mol. The van der Waals surface area contributed by atoms with Crippen LogP contribution in [0.4, 0.5) is 0 Å². The number of aliphatic hydroxyl groups excluding tert-OH is 4. The Balaban J connectivity index is 1.85. The summed E-state index contributed by atoms with van der Waals surface area (Å²) < 4.78 is 5.40. The topological polar surface area (TPSA) is 152 Å². The highest BCUT2D eigenvalue weighted by Gasteiger charge is 2.45. The second-order valence-corrected chi connectivity index (χ2v) is 5.34. The largest absolute Gasteiger partial charge is 0.508 e. The standard InChI is InChI=1S/C14H17N3O6/c18-5-8-9(20)10(21)11(22)12(23-8)14-15-13(16-17-14)6-1-3-7(19)4-2-6/h1-4,8-12,18-22H,5H2,(H,15,16,17)/t8-,9-,10+,11-,12-/m1/s1. The molecule has 1 aliphatic heterocycles. The number of rotatable bonds is 3. The lowest BCUT2D eigenvalue weighted by atomic mass is 9.95. The minimum absolute atomic E-state index is 0.110. The zero-order valence-electron chi connectivity index (χ0n) is 11.9. The second-order valence-electron chi connectivity index (χ2n) is 5.34. The smallest absolute Gasteiger partial charge is 0.181 e. The van der Waals surface area contributed by atoms with E-state index in [1.165, 1.54) is 12.1 Å². The number of aliphatic hydroxyl groups is 4. The van der Waals surface area contributed by atoms with E-state index in [1.54, 1.807) is 12.1 Å². The molecular weight excluding hydrogens is 306 g/mol. The van der Waals surface area contributed by atoms with Crippen molar-refractivity contribution in [2.75, 3.05) is 6.61 Å². The summed E-state index contributed by atoms with van der Waals surface area (Å²) in [7, 11) is 0. The van der Waals surface area contributed by atoms with Crippen molar-refractivity contribution in [2.45, 2.75) is 30.5 Å². The number of nitrogens with zero attached hydrogens (tertiary/aromatic N) is 2. The fourth-order valence-electron chi connectivity index (χ4n) is 2.47. The number of hydrogen-bond donors (Lipinski definition) is 6. The lowest BCUT2D eigenvalue weighted by Crippen LogP contribution is -2.55. The molecule has 9 heteroatoms. The first-order chi connectivity index (χ1) is 11.0. The fourth-order valence-corrected chi connectivity index (χ4v) is 2.47. The Kier molecular flexibility index (Phi) is 4.28. The number of aromatic hydroxyl groups is 1. The Bertz CT molecular complexity index is 659. The summed E-state index contributed by atoms with van der Waals surface area (Å²) in [5.74, 6) is 0.584. The molecule has 1 aromatic heterocycles. The van der Waals surface area contributed by atoms with Crippen LogP contribution < -0.4 is 0 Å². The van der Waals surface area contributed by atoms with Gasteiger partial charge in [-0.25, -0.2) is 4.98 Å². The third kappa shape index (κ3) is 2.92. The monoisotopic (exact) mass is 323 g/mol. The highest BCUT2D eigenvalue weighted by Crippen LogP contribution is 2.31. The lowest BCUT2D eigenvalue weighted by molar-refractivity contribution is -0.233. The molecule has 0 radical (unpaired) electrons. The maximum atomic E-state index is 10.1. The summed E-state index contributed by atoms with van der Waals surface area (Å²) >= 11 is 0. The third-order valence-electron chi connectivity index (χ3n) is 3.79. The van der Waals surface area contributed by atoms with Crippen LogP contribution in [-0.4, -0.2) is 71.7 Å². The van der Waals surface area contributed by atoms with Gasteiger partial charge in [0.15, 0.2) is 11.6 Å². The fraction of sp³-hybridized carbons (Fsp3) is 0.429. The number of nitrogens with one attached hydrogen (secondary N) is 1. The van der Waals surface area contributed by atoms with Crippen LogP contribution in [0.15, 0.2) is 24.3 Å². The summed E-state index contributed by atoms with van der Waals surface area (Å²) in [6, 6.07) is 6.21. The van der Waals surface area contributed by atoms with E-state index >= 15 is 0 Å². The summed E-state index contributed by atoms with van der Waals surface area (Å²) in [6.45, 7) is -0.513. The molecule has 124 valence electrons. The van der Waals surface area contributed by atoms with Crippen molar-refractivity contribution in [1.29, 1.82) is 0 Å². The zero-order chi connectivity index (χ0) is 16.6. The van der Waals surface area contributed by atoms with Gasteiger partial charge in [0.2, 0.25) is 0 Å². The number of hydrogen-bond acceptors (Lipinski definition) is 8. The van der Waals surface area contributed by atoms with Gasteiger partial charge in [0.1, 0.15) is 36.3 Å². The number of H-pyrrole nitrogens is 1. The minimum atomic E-state index is -1.48. The summed E-state index contributed by atoms with van der Waals surface area (Å²) in [5, 5.41) is 54.7. The molecule has 0 amide bonds. The van der Waals surface area contributed by atoms with Crippen molar-refractivity contribution >= 4 is 0 Å². The average molecular weight is 323 g/mol. The Morgan fingerprint density at radius 1 is 1.04 bits per heavy atom. The van der Waals surface area contributed by atoms with Crippen LogP contribution in [0.2, 0.25) is 0 Å². The number of ether oxygens (including phenoxy) is 1. The lowest BCUT2D eigenvalue weighted by Gasteiger charge is -2.38.